The van der Waals surface area contributed by atoms with Crippen LogP contribution in [-0.2, 0) is 14.9 Å². The smallest absolute Gasteiger partial charge is 0.378 e. The minimum Gasteiger partial charge on any atom is -0.378 e. The summed E-state index contributed by atoms with van der Waals surface area (Å²) in [6.07, 6.45) is 2.83. The molecule has 0 spiro atoms. The zero-order chi connectivity index (χ0) is 20.6. The van der Waals surface area contributed by atoms with Gasteiger partial charge in [-0.3, -0.25) is 0 Å². The van der Waals surface area contributed by atoms with E-state index in [1.807, 2.05) is 4.90 Å². The van der Waals surface area contributed by atoms with E-state index in [2.05, 4.69) is 19.2 Å². The average Bonchev–Trinajstić information content (AvgIpc) is 3.11. The molecule has 1 fully saturated rings. The molecule has 154 valence electrons. The van der Waals surface area contributed by atoms with Crippen molar-refractivity contribution in [1.29, 1.82) is 0 Å². The Kier molecular flexibility index (Phi) is 4.78. The highest BCUT2D eigenvalue weighted by Crippen LogP contribution is 2.29. The zero-order valence-electron chi connectivity index (χ0n) is 14.7. The number of alkyl halides is 3. The Hall–Kier alpha value is -2.93. The fourth-order valence-electron chi connectivity index (χ4n) is 2.82. The molecule has 1 aliphatic rings. The Balaban J connectivity index is 1.70. The van der Waals surface area contributed by atoms with E-state index in [4.69, 9.17) is 4.74 Å². The fourth-order valence-corrected chi connectivity index (χ4v) is 3.28. The van der Waals surface area contributed by atoms with Gasteiger partial charge in [-0.15, -0.1) is 0 Å². The van der Waals surface area contributed by atoms with Gasteiger partial charge in [-0.25, -0.2) is 14.6 Å². The summed E-state index contributed by atoms with van der Waals surface area (Å²) in [5.74, 6) is 0.528. The monoisotopic (exact) mass is 429 g/mol. The number of ether oxygens (including phenoxy) is 1. The quantitative estimate of drug-likeness (QED) is 0.458. The van der Waals surface area contributed by atoms with E-state index in [1.54, 1.807) is 6.07 Å². The molecule has 29 heavy (non-hydrogen) atoms. The van der Waals surface area contributed by atoms with Crippen LogP contribution in [0.3, 0.4) is 0 Å². The first-order valence-corrected chi connectivity index (χ1v) is 9.79. The van der Waals surface area contributed by atoms with Crippen molar-refractivity contribution in [2.75, 3.05) is 31.2 Å². The Morgan fingerprint density at radius 2 is 1.79 bits per heavy atom. The lowest BCUT2D eigenvalue weighted by Gasteiger charge is -2.27. The highest BCUT2D eigenvalue weighted by Gasteiger charge is 2.48. The van der Waals surface area contributed by atoms with E-state index in [9.17, 15) is 21.6 Å². The van der Waals surface area contributed by atoms with E-state index < -0.39 is 21.4 Å². The Morgan fingerprint density at radius 1 is 1.07 bits per heavy atom. The summed E-state index contributed by atoms with van der Waals surface area (Å²) in [6, 6.07) is 5.36. The van der Waals surface area contributed by atoms with Gasteiger partial charge in [0, 0.05) is 30.6 Å². The molecule has 2 aromatic heterocycles. The van der Waals surface area contributed by atoms with Crippen LogP contribution in [0.1, 0.15) is 0 Å². The number of rotatable bonds is 4. The highest BCUT2D eigenvalue weighted by atomic mass is 32.2. The van der Waals surface area contributed by atoms with Crippen LogP contribution in [0, 0.1) is 0 Å². The predicted octanol–water partition coefficient (Wildman–Crippen LogP) is 1.88. The molecule has 4 rings (SSSR count). The molecular formula is C16H14F3N5O4S. The number of fused-ring (bicyclic) bond motifs is 1. The second-order valence-corrected chi connectivity index (χ2v) is 7.63. The van der Waals surface area contributed by atoms with Gasteiger partial charge in [0.2, 0.25) is 0 Å². The predicted molar refractivity (Wildman–Crippen MR) is 95.3 cm³/mol. The minimum atomic E-state index is -5.78. The lowest BCUT2D eigenvalue weighted by Crippen LogP contribution is -2.36. The van der Waals surface area contributed by atoms with Crippen molar-refractivity contribution < 1.29 is 30.5 Å². The van der Waals surface area contributed by atoms with Gasteiger partial charge in [0.15, 0.2) is 5.82 Å². The van der Waals surface area contributed by atoms with Crippen molar-refractivity contribution in [3.8, 4) is 11.6 Å². The summed E-state index contributed by atoms with van der Waals surface area (Å²) >= 11 is 0. The molecule has 0 radical (unpaired) electrons. The van der Waals surface area contributed by atoms with Gasteiger partial charge in [-0.2, -0.15) is 26.7 Å². The summed E-state index contributed by atoms with van der Waals surface area (Å²) in [4.78, 5) is 10.4. The van der Waals surface area contributed by atoms with Crippen LogP contribution in [0.15, 0.2) is 36.8 Å². The number of benzene rings is 1. The molecule has 1 saturated heterocycles. The van der Waals surface area contributed by atoms with Crippen LogP contribution in [0.4, 0.5) is 19.0 Å². The van der Waals surface area contributed by atoms with Gasteiger partial charge in [0.05, 0.1) is 24.9 Å². The Bertz CT molecular complexity index is 1140. The molecule has 0 unspecified atom stereocenters. The normalized spacial score (nSPS) is 15.6. The van der Waals surface area contributed by atoms with E-state index in [0.717, 1.165) is 12.1 Å². The summed E-state index contributed by atoms with van der Waals surface area (Å²) in [5, 5.41) is 4.76. The molecule has 0 saturated carbocycles. The van der Waals surface area contributed by atoms with Crippen LogP contribution in [0.2, 0.25) is 0 Å². The van der Waals surface area contributed by atoms with Crippen molar-refractivity contribution in [3.63, 3.8) is 0 Å². The van der Waals surface area contributed by atoms with Gasteiger partial charge in [-0.05, 0) is 12.1 Å². The van der Waals surface area contributed by atoms with Crippen molar-refractivity contribution in [2.24, 2.45) is 0 Å². The number of hydrogen-bond donors (Lipinski definition) is 0. The van der Waals surface area contributed by atoms with Crippen molar-refractivity contribution in [2.45, 2.75) is 5.51 Å². The molecule has 0 atom stereocenters. The lowest BCUT2D eigenvalue weighted by molar-refractivity contribution is -0.0500. The van der Waals surface area contributed by atoms with Gasteiger partial charge >= 0.3 is 15.6 Å². The first-order valence-electron chi connectivity index (χ1n) is 8.38. The van der Waals surface area contributed by atoms with Crippen LogP contribution in [0.5, 0.6) is 5.75 Å². The van der Waals surface area contributed by atoms with E-state index >= 15 is 0 Å². The van der Waals surface area contributed by atoms with Gasteiger partial charge in [0.25, 0.3) is 0 Å². The summed E-state index contributed by atoms with van der Waals surface area (Å²) < 4.78 is 71.1. The molecule has 3 heterocycles. The number of aromatic nitrogens is 4. The van der Waals surface area contributed by atoms with Crippen LogP contribution < -0.4 is 9.08 Å². The molecule has 13 heteroatoms. The molecule has 1 aromatic carbocycles. The SMILES string of the molecule is O=S(=O)(Oc1ccc2cnn(-c3cc(N4CCOCC4)ncn3)c2c1)C(F)(F)F. The molecular weight excluding hydrogens is 415 g/mol. The number of halogens is 3. The second-order valence-electron chi connectivity index (χ2n) is 6.09. The third-order valence-electron chi connectivity index (χ3n) is 4.22. The van der Waals surface area contributed by atoms with Gasteiger partial charge < -0.3 is 13.8 Å². The summed E-state index contributed by atoms with van der Waals surface area (Å²) in [5.41, 5.74) is -5.20. The largest absolute Gasteiger partial charge is 0.534 e. The maximum atomic E-state index is 12.6. The lowest BCUT2D eigenvalue weighted by atomic mass is 10.2. The van der Waals surface area contributed by atoms with Crippen LogP contribution >= 0.6 is 0 Å². The summed E-state index contributed by atoms with van der Waals surface area (Å²) in [7, 11) is -5.78. The molecule has 0 bridgehead atoms. The molecule has 3 aromatic rings. The van der Waals surface area contributed by atoms with Crippen molar-refractivity contribution in [3.05, 3.63) is 36.8 Å². The molecule has 1 aliphatic heterocycles. The zero-order valence-corrected chi connectivity index (χ0v) is 15.5. The Morgan fingerprint density at radius 3 is 2.52 bits per heavy atom. The molecule has 0 aliphatic carbocycles. The molecule has 0 amide bonds. The number of anilines is 1. The van der Waals surface area contributed by atoms with Crippen molar-refractivity contribution in [1.82, 2.24) is 19.7 Å². The maximum absolute atomic E-state index is 12.6. The average molecular weight is 429 g/mol. The highest BCUT2D eigenvalue weighted by molar-refractivity contribution is 7.88. The molecule has 9 nitrogen and oxygen atoms in total. The van der Waals surface area contributed by atoms with Crippen LogP contribution in [-0.4, -0.2) is 60.0 Å². The fraction of sp³-hybridized carbons (Fsp3) is 0.312. The number of hydrogen-bond acceptors (Lipinski definition) is 8. The van der Waals surface area contributed by atoms with Gasteiger partial charge in [-0.1, -0.05) is 0 Å². The molecule has 0 N–H and O–H groups in total. The van der Waals surface area contributed by atoms with E-state index in [1.165, 1.54) is 23.3 Å². The first kappa shape index (κ1) is 19.4. The minimum absolute atomic E-state index is 0.325. The Labute approximate surface area is 162 Å². The van der Waals surface area contributed by atoms with Gasteiger partial charge in [0.1, 0.15) is 17.9 Å². The summed E-state index contributed by atoms with van der Waals surface area (Å²) in [6.45, 7) is 2.45. The maximum Gasteiger partial charge on any atom is 0.534 e. The third-order valence-corrected chi connectivity index (χ3v) is 5.20. The topological polar surface area (TPSA) is 99.4 Å². The number of morpholine rings is 1. The van der Waals surface area contributed by atoms with Crippen molar-refractivity contribution >= 4 is 26.8 Å². The third kappa shape index (κ3) is 3.82. The van der Waals surface area contributed by atoms with Crippen LogP contribution in [0.25, 0.3) is 16.7 Å². The van der Waals surface area contributed by atoms with E-state index in [-0.39, 0.29) is 0 Å². The van der Waals surface area contributed by atoms with E-state index in [0.29, 0.717) is 48.8 Å². The standard InChI is InChI=1S/C16H14F3N5O4S/c17-16(18,19)29(25,26)28-12-2-1-11-9-22-24(13(11)7-12)15-8-14(20-10-21-15)23-3-5-27-6-4-23/h1-2,7-10H,3-6H2. The first-order chi connectivity index (χ1) is 13.7. The number of nitrogens with zero attached hydrogens (tertiary/aromatic N) is 5. The second kappa shape index (κ2) is 7.15.